The third kappa shape index (κ3) is 4.31. The van der Waals surface area contributed by atoms with Crippen molar-refractivity contribution in [2.45, 2.75) is 38.5 Å². The van der Waals surface area contributed by atoms with Gasteiger partial charge in [0.2, 0.25) is 0 Å². The van der Waals surface area contributed by atoms with E-state index in [-0.39, 0.29) is 5.91 Å². The number of nitrogens with zero attached hydrogens (tertiary/aromatic N) is 1. The number of nitrogens with two attached hydrogens (primary N) is 1. The number of carbonyl (C=O) groups excluding carboxylic acids is 1. The Morgan fingerprint density at radius 2 is 2.16 bits per heavy atom. The molecule has 1 amide bonds. The van der Waals surface area contributed by atoms with Gasteiger partial charge in [0.25, 0.3) is 5.91 Å². The second-order valence-corrected chi connectivity index (χ2v) is 5.29. The molecule has 2 rings (SSSR count). The maximum atomic E-state index is 12.1. The Morgan fingerprint density at radius 3 is 2.89 bits per heavy atom. The summed E-state index contributed by atoms with van der Waals surface area (Å²) < 4.78 is 0. The van der Waals surface area contributed by atoms with Crippen molar-refractivity contribution in [3.05, 3.63) is 29.6 Å². The van der Waals surface area contributed by atoms with Gasteiger partial charge in [-0.1, -0.05) is 19.3 Å². The predicted octanol–water partition coefficient (Wildman–Crippen LogP) is 1.89. The minimum Gasteiger partial charge on any atom is -0.352 e. The molecule has 0 aliphatic heterocycles. The Balaban J connectivity index is 1.86. The van der Waals surface area contributed by atoms with E-state index in [0.717, 1.165) is 12.2 Å². The van der Waals surface area contributed by atoms with Gasteiger partial charge < -0.3 is 11.1 Å². The van der Waals surface area contributed by atoms with Crippen LogP contribution in [0.3, 0.4) is 0 Å². The number of rotatable bonds is 5. The van der Waals surface area contributed by atoms with E-state index in [1.165, 1.54) is 32.1 Å². The van der Waals surface area contributed by atoms with Crippen LogP contribution >= 0.6 is 0 Å². The van der Waals surface area contributed by atoms with Crippen LogP contribution in [0.2, 0.25) is 0 Å². The molecule has 0 atom stereocenters. The molecule has 1 aliphatic rings. The van der Waals surface area contributed by atoms with Gasteiger partial charge in [-0.15, -0.1) is 0 Å². The highest BCUT2D eigenvalue weighted by molar-refractivity contribution is 5.94. The molecule has 104 valence electrons. The van der Waals surface area contributed by atoms with E-state index in [9.17, 15) is 4.79 Å². The Labute approximate surface area is 114 Å². The van der Waals surface area contributed by atoms with Crippen molar-refractivity contribution in [3.63, 3.8) is 0 Å². The van der Waals surface area contributed by atoms with Crippen LogP contribution in [0, 0.1) is 5.92 Å². The van der Waals surface area contributed by atoms with Gasteiger partial charge in [0, 0.05) is 30.4 Å². The molecule has 3 N–H and O–H groups in total. The molecule has 0 radical (unpaired) electrons. The molecule has 0 aromatic carbocycles. The lowest BCUT2D eigenvalue weighted by atomic mass is 9.89. The number of aromatic nitrogens is 1. The lowest BCUT2D eigenvalue weighted by Crippen LogP contribution is -2.30. The fourth-order valence-electron chi connectivity index (χ4n) is 2.63. The standard InChI is InChI=1S/C15H23N3O/c16-8-6-14-10-13(7-9-17-14)15(19)18-11-12-4-2-1-3-5-12/h7,9-10,12H,1-6,8,11,16H2,(H,18,19). The number of pyridine rings is 1. The highest BCUT2D eigenvalue weighted by atomic mass is 16.1. The molecule has 1 fully saturated rings. The van der Waals surface area contributed by atoms with Crippen LogP contribution in [0.5, 0.6) is 0 Å². The van der Waals surface area contributed by atoms with Crippen LogP contribution in [0.25, 0.3) is 0 Å². The Morgan fingerprint density at radius 1 is 1.37 bits per heavy atom. The zero-order valence-electron chi connectivity index (χ0n) is 11.4. The van der Waals surface area contributed by atoms with Crippen LogP contribution in [-0.4, -0.2) is 24.0 Å². The first-order valence-electron chi connectivity index (χ1n) is 7.23. The van der Waals surface area contributed by atoms with Gasteiger partial charge in [-0.3, -0.25) is 9.78 Å². The van der Waals surface area contributed by atoms with E-state index < -0.39 is 0 Å². The molecule has 0 bridgehead atoms. The quantitative estimate of drug-likeness (QED) is 0.850. The summed E-state index contributed by atoms with van der Waals surface area (Å²) in [6.45, 7) is 1.35. The summed E-state index contributed by atoms with van der Waals surface area (Å²) in [5, 5.41) is 3.04. The van der Waals surface area contributed by atoms with Gasteiger partial charge >= 0.3 is 0 Å². The molecule has 1 heterocycles. The van der Waals surface area contributed by atoms with E-state index in [1.807, 2.05) is 6.07 Å². The Kier molecular flexibility index (Phi) is 5.33. The van der Waals surface area contributed by atoms with Gasteiger partial charge in [-0.25, -0.2) is 0 Å². The molecular formula is C15H23N3O. The van der Waals surface area contributed by atoms with Crippen molar-refractivity contribution in [2.24, 2.45) is 11.7 Å². The molecule has 0 saturated heterocycles. The van der Waals surface area contributed by atoms with Crippen molar-refractivity contribution in [1.29, 1.82) is 0 Å². The number of carbonyl (C=O) groups is 1. The largest absolute Gasteiger partial charge is 0.352 e. The third-order valence-corrected chi connectivity index (χ3v) is 3.76. The second-order valence-electron chi connectivity index (χ2n) is 5.29. The van der Waals surface area contributed by atoms with E-state index >= 15 is 0 Å². The van der Waals surface area contributed by atoms with Crippen molar-refractivity contribution < 1.29 is 4.79 Å². The summed E-state index contributed by atoms with van der Waals surface area (Å²) in [5.41, 5.74) is 7.07. The first kappa shape index (κ1) is 14.0. The summed E-state index contributed by atoms with van der Waals surface area (Å²) in [7, 11) is 0. The zero-order valence-corrected chi connectivity index (χ0v) is 11.4. The maximum absolute atomic E-state index is 12.1. The van der Waals surface area contributed by atoms with Crippen LogP contribution in [-0.2, 0) is 6.42 Å². The highest BCUT2D eigenvalue weighted by Gasteiger charge is 2.15. The number of hydrogen-bond donors (Lipinski definition) is 2. The number of nitrogens with one attached hydrogen (secondary N) is 1. The van der Waals surface area contributed by atoms with Crippen molar-refractivity contribution in [3.8, 4) is 0 Å². The van der Waals surface area contributed by atoms with Crippen molar-refractivity contribution in [1.82, 2.24) is 10.3 Å². The van der Waals surface area contributed by atoms with Gasteiger partial charge in [-0.05, 0) is 37.4 Å². The summed E-state index contributed by atoms with van der Waals surface area (Å²) in [5.74, 6) is 0.661. The molecule has 4 nitrogen and oxygen atoms in total. The minimum absolute atomic E-state index is 0.00578. The van der Waals surface area contributed by atoms with Crippen molar-refractivity contribution in [2.75, 3.05) is 13.1 Å². The monoisotopic (exact) mass is 261 g/mol. The molecule has 0 spiro atoms. The SMILES string of the molecule is NCCc1cc(C(=O)NCC2CCCCC2)ccn1. The van der Waals surface area contributed by atoms with E-state index in [4.69, 9.17) is 5.73 Å². The van der Waals surface area contributed by atoms with Crippen LogP contribution in [0.1, 0.15) is 48.2 Å². The van der Waals surface area contributed by atoms with Gasteiger partial charge in [-0.2, -0.15) is 0 Å². The zero-order chi connectivity index (χ0) is 13.5. The van der Waals surface area contributed by atoms with E-state index in [2.05, 4.69) is 10.3 Å². The first-order valence-corrected chi connectivity index (χ1v) is 7.23. The summed E-state index contributed by atoms with van der Waals surface area (Å²) >= 11 is 0. The van der Waals surface area contributed by atoms with Crippen molar-refractivity contribution >= 4 is 5.91 Å². The molecule has 1 aromatic rings. The van der Waals surface area contributed by atoms with E-state index in [0.29, 0.717) is 24.4 Å². The predicted molar refractivity (Wildman–Crippen MR) is 75.9 cm³/mol. The first-order chi connectivity index (χ1) is 9.29. The van der Waals surface area contributed by atoms with Gasteiger partial charge in [0.1, 0.15) is 0 Å². The second kappa shape index (κ2) is 7.24. The molecule has 0 unspecified atom stereocenters. The molecule has 19 heavy (non-hydrogen) atoms. The average Bonchev–Trinajstić information content (AvgIpc) is 2.46. The molecular weight excluding hydrogens is 238 g/mol. The summed E-state index contributed by atoms with van der Waals surface area (Å²) in [4.78, 5) is 16.3. The molecule has 1 saturated carbocycles. The summed E-state index contributed by atoms with van der Waals surface area (Å²) in [6.07, 6.45) is 8.83. The molecule has 4 heteroatoms. The minimum atomic E-state index is 0.00578. The third-order valence-electron chi connectivity index (χ3n) is 3.76. The van der Waals surface area contributed by atoms with Gasteiger partial charge in [0.05, 0.1) is 0 Å². The highest BCUT2D eigenvalue weighted by Crippen LogP contribution is 2.22. The molecule has 1 aromatic heterocycles. The van der Waals surface area contributed by atoms with Crippen LogP contribution in [0.15, 0.2) is 18.3 Å². The Bertz CT molecular complexity index is 414. The lowest BCUT2D eigenvalue weighted by molar-refractivity contribution is 0.0943. The lowest BCUT2D eigenvalue weighted by Gasteiger charge is -2.21. The van der Waals surface area contributed by atoms with Crippen LogP contribution in [0.4, 0.5) is 0 Å². The fraction of sp³-hybridized carbons (Fsp3) is 0.600. The fourth-order valence-corrected chi connectivity index (χ4v) is 2.63. The number of hydrogen-bond acceptors (Lipinski definition) is 3. The van der Waals surface area contributed by atoms with E-state index in [1.54, 1.807) is 12.3 Å². The smallest absolute Gasteiger partial charge is 0.251 e. The number of amides is 1. The Hall–Kier alpha value is -1.42. The normalized spacial score (nSPS) is 16.3. The van der Waals surface area contributed by atoms with Crippen LogP contribution < -0.4 is 11.1 Å². The maximum Gasteiger partial charge on any atom is 0.251 e. The average molecular weight is 261 g/mol. The van der Waals surface area contributed by atoms with Gasteiger partial charge in [0.15, 0.2) is 0 Å². The molecule has 1 aliphatic carbocycles. The summed E-state index contributed by atoms with van der Waals surface area (Å²) in [6, 6.07) is 3.60. The topological polar surface area (TPSA) is 68.0 Å².